The normalized spacial score (nSPS) is 16.8. The number of carboxylic acid groups (broad SMARTS) is 1. The number of H-pyrrole nitrogens is 1. The molecule has 1 saturated heterocycles. The molecule has 1 aliphatic rings. The van der Waals surface area contributed by atoms with E-state index in [0.717, 1.165) is 0 Å². The van der Waals surface area contributed by atoms with Gasteiger partial charge in [0.05, 0.1) is 11.9 Å². The van der Waals surface area contributed by atoms with E-state index >= 15 is 0 Å². The third-order valence-electron chi connectivity index (χ3n) is 11.0. The van der Waals surface area contributed by atoms with Crippen LogP contribution in [0.4, 0.5) is 0 Å². The van der Waals surface area contributed by atoms with E-state index in [1.807, 2.05) is 6.92 Å². The van der Waals surface area contributed by atoms with E-state index in [4.69, 9.17) is 5.73 Å². The number of aliphatic carboxylic acids is 1. The molecule has 62 heavy (non-hydrogen) atoms. The van der Waals surface area contributed by atoms with Crippen LogP contribution in [-0.4, -0.2) is 115 Å². The number of nitrogens with zero attached hydrogens (tertiary/aromatic N) is 2. The second-order valence-corrected chi connectivity index (χ2v) is 16.8. The molecular weight excluding hydrogens is 799 g/mol. The van der Waals surface area contributed by atoms with E-state index in [1.165, 1.54) is 43.4 Å². The molecule has 0 radical (unpaired) electrons. The quantitative estimate of drug-likeness (QED) is 0.0731. The lowest BCUT2D eigenvalue weighted by Crippen LogP contribution is -2.62. The smallest absolute Gasteiger partial charge is 0.326 e. The summed E-state index contributed by atoms with van der Waals surface area (Å²) in [6.07, 6.45) is 3.98. The van der Waals surface area contributed by atoms with Gasteiger partial charge in [-0.05, 0) is 61.8 Å². The molecule has 1 aromatic heterocycles. The summed E-state index contributed by atoms with van der Waals surface area (Å²) in [6, 6.07) is 7.83. The average Bonchev–Trinajstić information content (AvgIpc) is 3.94. The number of phenols is 1. The number of nitrogens with two attached hydrogens (primary N) is 1. The Labute approximate surface area is 361 Å². The molecule has 7 atom stereocenters. The molecule has 336 valence electrons. The molecule has 0 unspecified atom stereocenters. The Balaban J connectivity index is 1.58. The molecule has 18 nitrogen and oxygen atoms in total. The zero-order valence-corrected chi connectivity index (χ0v) is 36.1. The summed E-state index contributed by atoms with van der Waals surface area (Å²) in [5.74, 6) is -6.02. The standard InChI is InChI=1S/C44H61N9O9/c1-7-26(4)36(51-37(55)31(20-28-15-17-30(54)18-16-28)48-39(57)35(25(2)3)52-43(62)44(5,6)45)40(58)49-32(22-29-23-46-24-47-29)41(59)53-19-11-14-34(53)38(56)50-33(42(60)61)21-27-12-9-8-10-13-27/h8-10,12-13,15-18,23-26,31-36,54H,7,11,14,19-22,45H2,1-6H3,(H,46,47)(H,48,57)(H,49,58)(H,50,56)(H,51,55)(H,52,62)(H,60,61)/t26-,31-,32-,33-,34-,35-,36-/m0/s1. The van der Waals surface area contributed by atoms with Gasteiger partial charge in [0.25, 0.3) is 0 Å². The highest BCUT2D eigenvalue weighted by Crippen LogP contribution is 2.21. The Kier molecular flexibility index (Phi) is 17.2. The summed E-state index contributed by atoms with van der Waals surface area (Å²) in [5.41, 5.74) is 6.47. The Morgan fingerprint density at radius 2 is 1.42 bits per heavy atom. The predicted octanol–water partition coefficient (Wildman–Crippen LogP) is 1.08. The number of carbonyl (C=O) groups is 7. The van der Waals surface area contributed by atoms with E-state index in [1.54, 1.807) is 63.2 Å². The topological polar surface area (TPSA) is 278 Å². The number of aromatic nitrogens is 2. The summed E-state index contributed by atoms with van der Waals surface area (Å²) in [7, 11) is 0. The minimum atomic E-state index is -1.29. The first kappa shape index (κ1) is 48.4. The monoisotopic (exact) mass is 859 g/mol. The Morgan fingerprint density at radius 3 is 2.00 bits per heavy atom. The average molecular weight is 860 g/mol. The zero-order valence-electron chi connectivity index (χ0n) is 36.1. The van der Waals surface area contributed by atoms with Gasteiger partial charge >= 0.3 is 5.97 Å². The lowest BCUT2D eigenvalue weighted by molar-refractivity contribution is -0.145. The van der Waals surface area contributed by atoms with Gasteiger partial charge in [-0.15, -0.1) is 0 Å². The first-order valence-corrected chi connectivity index (χ1v) is 20.9. The van der Waals surface area contributed by atoms with Crippen molar-refractivity contribution < 1.29 is 43.8 Å². The molecule has 2 heterocycles. The highest BCUT2D eigenvalue weighted by Gasteiger charge is 2.41. The highest BCUT2D eigenvalue weighted by atomic mass is 16.4. The number of rotatable bonds is 21. The number of hydrogen-bond acceptors (Lipinski definition) is 10. The maximum Gasteiger partial charge on any atom is 0.326 e. The fourth-order valence-corrected chi connectivity index (χ4v) is 7.06. The second-order valence-electron chi connectivity index (χ2n) is 16.8. The van der Waals surface area contributed by atoms with Crippen molar-refractivity contribution >= 4 is 41.4 Å². The van der Waals surface area contributed by atoms with Crippen molar-refractivity contribution in [3.8, 4) is 5.75 Å². The number of nitrogens with one attached hydrogen (secondary N) is 6. The van der Waals surface area contributed by atoms with E-state index in [2.05, 4.69) is 36.6 Å². The van der Waals surface area contributed by atoms with Gasteiger partial charge in [0.15, 0.2) is 0 Å². The van der Waals surface area contributed by atoms with Crippen LogP contribution in [0.15, 0.2) is 67.1 Å². The number of phenolic OH excluding ortho intramolecular Hbond substituents is 1. The molecule has 1 fully saturated rings. The zero-order chi connectivity index (χ0) is 45.7. The molecule has 2 aromatic carbocycles. The number of aromatic amines is 1. The van der Waals surface area contributed by atoms with Gasteiger partial charge in [-0.1, -0.05) is 76.6 Å². The molecule has 3 aromatic rings. The molecule has 10 N–H and O–H groups in total. The second kappa shape index (κ2) is 22.0. The lowest BCUT2D eigenvalue weighted by atomic mass is 9.96. The van der Waals surface area contributed by atoms with E-state index < -0.39 is 95.0 Å². The van der Waals surface area contributed by atoms with Crippen molar-refractivity contribution in [2.45, 2.75) is 122 Å². The van der Waals surface area contributed by atoms with Crippen LogP contribution in [0.2, 0.25) is 0 Å². The number of carboxylic acids is 1. The number of carbonyl (C=O) groups excluding carboxylic acids is 6. The van der Waals surface area contributed by atoms with Crippen LogP contribution in [0.5, 0.6) is 5.75 Å². The minimum absolute atomic E-state index is 0.00750. The van der Waals surface area contributed by atoms with Gasteiger partial charge in [0.2, 0.25) is 35.4 Å². The maximum atomic E-state index is 14.4. The third kappa shape index (κ3) is 13.6. The van der Waals surface area contributed by atoms with E-state index in [9.17, 15) is 43.8 Å². The molecule has 1 aliphatic heterocycles. The van der Waals surface area contributed by atoms with Crippen molar-refractivity contribution in [1.29, 1.82) is 0 Å². The Bertz CT molecular complexity index is 2000. The van der Waals surface area contributed by atoms with Crippen LogP contribution < -0.4 is 32.3 Å². The minimum Gasteiger partial charge on any atom is -0.508 e. The number of imidazole rings is 1. The number of hydrogen-bond donors (Lipinski definition) is 9. The summed E-state index contributed by atoms with van der Waals surface area (Å²) >= 11 is 0. The summed E-state index contributed by atoms with van der Waals surface area (Å²) < 4.78 is 0. The lowest BCUT2D eigenvalue weighted by Gasteiger charge is -2.32. The van der Waals surface area contributed by atoms with Gasteiger partial charge in [-0.25, -0.2) is 9.78 Å². The van der Waals surface area contributed by atoms with Crippen LogP contribution in [0, 0.1) is 11.8 Å². The fraction of sp³-hybridized carbons (Fsp3) is 0.500. The van der Waals surface area contributed by atoms with Crippen molar-refractivity contribution in [2.24, 2.45) is 17.6 Å². The van der Waals surface area contributed by atoms with Crippen molar-refractivity contribution in [1.82, 2.24) is 41.5 Å². The molecule has 0 spiro atoms. The molecule has 0 bridgehead atoms. The van der Waals surface area contributed by atoms with Gasteiger partial charge in [0, 0.05) is 37.7 Å². The van der Waals surface area contributed by atoms with Crippen LogP contribution in [-0.2, 0) is 52.8 Å². The van der Waals surface area contributed by atoms with Crippen LogP contribution >= 0.6 is 0 Å². The van der Waals surface area contributed by atoms with Crippen LogP contribution in [0.25, 0.3) is 0 Å². The third-order valence-corrected chi connectivity index (χ3v) is 11.0. The number of amides is 6. The summed E-state index contributed by atoms with van der Waals surface area (Å²) in [4.78, 5) is 104. The van der Waals surface area contributed by atoms with Gasteiger partial charge < -0.3 is 52.4 Å². The largest absolute Gasteiger partial charge is 0.508 e. The predicted molar refractivity (Wildman–Crippen MR) is 229 cm³/mol. The van der Waals surface area contributed by atoms with Gasteiger partial charge in [0.1, 0.15) is 42.0 Å². The van der Waals surface area contributed by atoms with Crippen molar-refractivity contribution in [2.75, 3.05) is 6.54 Å². The molecule has 18 heteroatoms. The molecule has 0 aliphatic carbocycles. The van der Waals surface area contributed by atoms with Crippen molar-refractivity contribution in [3.05, 3.63) is 83.9 Å². The van der Waals surface area contributed by atoms with Crippen LogP contribution in [0.1, 0.15) is 77.6 Å². The summed E-state index contributed by atoms with van der Waals surface area (Å²) in [5, 5.41) is 33.5. The highest BCUT2D eigenvalue weighted by molar-refractivity contribution is 5.97. The Morgan fingerprint density at radius 1 is 0.806 bits per heavy atom. The molecular formula is C44H61N9O9. The molecule has 4 rings (SSSR count). The van der Waals surface area contributed by atoms with Crippen LogP contribution in [0.3, 0.4) is 0 Å². The molecule has 0 saturated carbocycles. The first-order chi connectivity index (χ1) is 29.3. The van der Waals surface area contributed by atoms with Crippen molar-refractivity contribution in [3.63, 3.8) is 0 Å². The maximum absolute atomic E-state index is 14.4. The fourth-order valence-electron chi connectivity index (χ4n) is 7.06. The molecule has 6 amide bonds. The Hall–Kier alpha value is -6.30. The van der Waals surface area contributed by atoms with Gasteiger partial charge in [-0.3, -0.25) is 28.8 Å². The number of benzene rings is 2. The first-order valence-electron chi connectivity index (χ1n) is 20.9. The number of aromatic hydroxyl groups is 1. The van der Waals surface area contributed by atoms with E-state index in [-0.39, 0.29) is 38.0 Å². The summed E-state index contributed by atoms with van der Waals surface area (Å²) in [6.45, 7) is 10.2. The number of likely N-dealkylation sites (tertiary alicyclic amines) is 1. The van der Waals surface area contributed by atoms with E-state index in [0.29, 0.717) is 29.7 Å². The SMILES string of the molecule is CC[C@H](C)[C@H](NC(=O)[C@H](Cc1ccc(O)cc1)NC(=O)[C@@H](NC(=O)C(C)(C)N)C(C)C)C(=O)N[C@@H](Cc1cnc[nH]1)C(=O)N1CCC[C@H]1C(=O)N[C@@H](Cc1ccccc1)C(=O)O. The van der Waals surface area contributed by atoms with Gasteiger partial charge in [-0.2, -0.15) is 0 Å².